The lowest BCUT2D eigenvalue weighted by Gasteiger charge is -2.11. The van der Waals surface area contributed by atoms with Crippen molar-refractivity contribution in [1.82, 2.24) is 10.1 Å². The van der Waals surface area contributed by atoms with Crippen LogP contribution in [0.3, 0.4) is 0 Å². The van der Waals surface area contributed by atoms with Crippen molar-refractivity contribution >= 4 is 40.6 Å². The standard InChI is InChI=1S/C24H17Cl2N3O3/c25-16-10-11-20(18(14-16)23(31)15-6-2-1-3-7-15)27-21(30)12-13-22-28-24(29-32-22)17-8-4-5-9-19(17)26/h1-11,14H,12-13H2,(H,27,30). The quantitative estimate of drug-likeness (QED) is 0.346. The van der Waals surface area contributed by atoms with Crippen molar-refractivity contribution in [1.29, 1.82) is 0 Å². The van der Waals surface area contributed by atoms with Gasteiger partial charge in [0.05, 0.1) is 10.7 Å². The average molecular weight is 466 g/mol. The molecule has 160 valence electrons. The molecule has 0 atom stereocenters. The second kappa shape index (κ2) is 9.77. The van der Waals surface area contributed by atoms with E-state index in [0.29, 0.717) is 44.1 Å². The Morgan fingerprint density at radius 2 is 1.69 bits per heavy atom. The molecule has 0 unspecified atom stereocenters. The molecule has 4 rings (SSSR count). The van der Waals surface area contributed by atoms with Gasteiger partial charge in [-0.25, -0.2) is 0 Å². The zero-order valence-corrected chi connectivity index (χ0v) is 18.2. The summed E-state index contributed by atoms with van der Waals surface area (Å²) in [6, 6.07) is 20.7. The zero-order chi connectivity index (χ0) is 22.5. The maximum Gasteiger partial charge on any atom is 0.227 e. The fraction of sp³-hybridized carbons (Fsp3) is 0.0833. The van der Waals surface area contributed by atoms with Crippen LogP contribution in [0.4, 0.5) is 5.69 Å². The Morgan fingerprint density at radius 1 is 0.938 bits per heavy atom. The molecule has 8 heteroatoms. The van der Waals surface area contributed by atoms with Crippen molar-refractivity contribution in [3.63, 3.8) is 0 Å². The van der Waals surface area contributed by atoms with E-state index in [2.05, 4.69) is 15.5 Å². The highest BCUT2D eigenvalue weighted by Crippen LogP contribution is 2.26. The minimum absolute atomic E-state index is 0.0890. The fourth-order valence-corrected chi connectivity index (χ4v) is 3.49. The molecule has 3 aromatic carbocycles. The Kier molecular flexibility index (Phi) is 6.63. The third-order valence-electron chi connectivity index (χ3n) is 4.69. The molecule has 4 aromatic rings. The molecule has 0 aliphatic rings. The maximum absolute atomic E-state index is 12.9. The van der Waals surface area contributed by atoms with Gasteiger partial charge in [-0.1, -0.05) is 70.8 Å². The number of nitrogens with zero attached hydrogens (tertiary/aromatic N) is 2. The number of hydrogen-bond donors (Lipinski definition) is 1. The molecular weight excluding hydrogens is 449 g/mol. The molecule has 1 heterocycles. The number of nitrogens with one attached hydrogen (secondary N) is 1. The number of ketones is 1. The first-order valence-electron chi connectivity index (χ1n) is 9.78. The number of carbonyl (C=O) groups is 2. The van der Waals surface area contributed by atoms with Gasteiger partial charge in [0.25, 0.3) is 0 Å². The highest BCUT2D eigenvalue weighted by Gasteiger charge is 2.17. The normalized spacial score (nSPS) is 10.7. The Morgan fingerprint density at radius 3 is 2.47 bits per heavy atom. The lowest BCUT2D eigenvalue weighted by Crippen LogP contribution is -2.15. The summed E-state index contributed by atoms with van der Waals surface area (Å²) in [5.74, 6) is 0.142. The van der Waals surface area contributed by atoms with E-state index in [-0.39, 0.29) is 24.5 Å². The maximum atomic E-state index is 12.9. The highest BCUT2D eigenvalue weighted by molar-refractivity contribution is 6.33. The van der Waals surface area contributed by atoms with E-state index >= 15 is 0 Å². The minimum Gasteiger partial charge on any atom is -0.339 e. The molecule has 0 radical (unpaired) electrons. The van der Waals surface area contributed by atoms with Gasteiger partial charge < -0.3 is 9.84 Å². The second-order valence-corrected chi connectivity index (χ2v) is 7.77. The van der Waals surface area contributed by atoms with Crippen molar-refractivity contribution in [3.8, 4) is 11.4 Å². The van der Waals surface area contributed by atoms with Crippen molar-refractivity contribution in [2.45, 2.75) is 12.8 Å². The molecule has 0 aliphatic carbocycles. The topological polar surface area (TPSA) is 85.1 Å². The van der Waals surface area contributed by atoms with Crippen molar-refractivity contribution in [2.24, 2.45) is 0 Å². The molecule has 0 aliphatic heterocycles. The largest absolute Gasteiger partial charge is 0.339 e. The van der Waals surface area contributed by atoms with Gasteiger partial charge in [0.2, 0.25) is 17.6 Å². The number of halogens is 2. The first kappa shape index (κ1) is 21.7. The molecule has 0 bridgehead atoms. The number of anilines is 1. The molecule has 1 N–H and O–H groups in total. The van der Waals surface area contributed by atoms with E-state index in [1.54, 1.807) is 54.6 Å². The van der Waals surface area contributed by atoms with E-state index in [1.165, 1.54) is 0 Å². The van der Waals surface area contributed by atoms with Gasteiger partial charge in [0.15, 0.2) is 5.78 Å². The second-order valence-electron chi connectivity index (χ2n) is 6.92. The van der Waals surface area contributed by atoms with Crippen LogP contribution >= 0.6 is 23.2 Å². The Labute approximate surface area is 194 Å². The minimum atomic E-state index is -0.299. The first-order chi connectivity index (χ1) is 15.5. The lowest BCUT2D eigenvalue weighted by molar-refractivity contribution is -0.116. The Balaban J connectivity index is 1.44. The van der Waals surface area contributed by atoms with E-state index in [9.17, 15) is 9.59 Å². The summed E-state index contributed by atoms with van der Waals surface area (Å²) in [7, 11) is 0. The number of rotatable bonds is 7. The van der Waals surface area contributed by atoms with E-state index in [1.807, 2.05) is 18.2 Å². The molecular formula is C24H17Cl2N3O3. The third-order valence-corrected chi connectivity index (χ3v) is 5.25. The van der Waals surface area contributed by atoms with Gasteiger partial charge >= 0.3 is 0 Å². The molecule has 1 amide bonds. The summed E-state index contributed by atoms with van der Waals surface area (Å²) in [6.45, 7) is 0. The monoisotopic (exact) mass is 465 g/mol. The number of amides is 1. The molecule has 0 saturated heterocycles. The summed E-state index contributed by atoms with van der Waals surface area (Å²) in [6.07, 6.45) is 0.324. The summed E-state index contributed by atoms with van der Waals surface area (Å²) >= 11 is 12.2. The smallest absolute Gasteiger partial charge is 0.227 e. The van der Waals surface area contributed by atoms with Gasteiger partial charge in [-0.05, 0) is 30.3 Å². The van der Waals surface area contributed by atoms with Gasteiger partial charge in [-0.2, -0.15) is 4.98 Å². The van der Waals surface area contributed by atoms with E-state index in [0.717, 1.165) is 0 Å². The lowest BCUT2D eigenvalue weighted by atomic mass is 10.0. The fourth-order valence-electron chi connectivity index (χ4n) is 3.10. The third kappa shape index (κ3) is 5.04. The van der Waals surface area contributed by atoms with Crippen LogP contribution in [-0.2, 0) is 11.2 Å². The molecule has 32 heavy (non-hydrogen) atoms. The van der Waals surface area contributed by atoms with Gasteiger partial charge in [0.1, 0.15) is 0 Å². The molecule has 0 fully saturated rings. The van der Waals surface area contributed by atoms with Gasteiger partial charge in [-0.15, -0.1) is 0 Å². The summed E-state index contributed by atoms with van der Waals surface area (Å²) < 4.78 is 5.24. The Bertz CT molecular complexity index is 1270. The van der Waals surface area contributed by atoms with Crippen LogP contribution < -0.4 is 5.32 Å². The highest BCUT2D eigenvalue weighted by atomic mass is 35.5. The zero-order valence-electron chi connectivity index (χ0n) is 16.7. The predicted molar refractivity (Wildman–Crippen MR) is 123 cm³/mol. The van der Waals surface area contributed by atoms with Gasteiger partial charge in [0, 0.05) is 34.6 Å². The SMILES string of the molecule is O=C(CCc1nc(-c2ccccc2Cl)no1)Nc1ccc(Cl)cc1C(=O)c1ccccc1. The van der Waals surface area contributed by atoms with E-state index < -0.39 is 0 Å². The van der Waals surface area contributed by atoms with Crippen LogP contribution in [0.1, 0.15) is 28.2 Å². The molecule has 1 aromatic heterocycles. The van der Waals surface area contributed by atoms with Crippen LogP contribution in [0.15, 0.2) is 77.3 Å². The summed E-state index contributed by atoms with van der Waals surface area (Å²) in [4.78, 5) is 29.7. The van der Waals surface area contributed by atoms with Gasteiger partial charge in [-0.3, -0.25) is 9.59 Å². The first-order valence-corrected chi connectivity index (χ1v) is 10.5. The molecule has 0 saturated carbocycles. The number of hydrogen-bond acceptors (Lipinski definition) is 5. The average Bonchev–Trinajstić information content (AvgIpc) is 3.28. The van der Waals surface area contributed by atoms with Crippen molar-refractivity contribution in [2.75, 3.05) is 5.32 Å². The van der Waals surface area contributed by atoms with Crippen LogP contribution in [0.5, 0.6) is 0 Å². The Hall–Kier alpha value is -3.48. The van der Waals surface area contributed by atoms with Crippen molar-refractivity contribution in [3.05, 3.63) is 99.9 Å². The summed E-state index contributed by atoms with van der Waals surface area (Å²) in [5, 5.41) is 7.62. The van der Waals surface area contributed by atoms with Crippen molar-refractivity contribution < 1.29 is 14.1 Å². The molecule has 0 spiro atoms. The summed E-state index contributed by atoms with van der Waals surface area (Å²) in [5.41, 5.74) is 1.86. The molecule has 6 nitrogen and oxygen atoms in total. The number of benzene rings is 3. The van der Waals surface area contributed by atoms with E-state index in [4.69, 9.17) is 27.7 Å². The van der Waals surface area contributed by atoms with Crippen LogP contribution in [0, 0.1) is 0 Å². The number of aryl methyl sites for hydroxylation is 1. The van der Waals surface area contributed by atoms with Crippen LogP contribution in [0.25, 0.3) is 11.4 Å². The van der Waals surface area contributed by atoms with Crippen LogP contribution in [0.2, 0.25) is 10.0 Å². The number of aromatic nitrogens is 2. The number of carbonyl (C=O) groups excluding carboxylic acids is 2. The van der Waals surface area contributed by atoms with Crippen LogP contribution in [-0.4, -0.2) is 21.8 Å². The predicted octanol–water partition coefficient (Wildman–Crippen LogP) is 5.85.